The van der Waals surface area contributed by atoms with E-state index in [0.717, 1.165) is 25.7 Å². The predicted octanol–water partition coefficient (Wildman–Crippen LogP) is 3.35. The van der Waals surface area contributed by atoms with Gasteiger partial charge in [-0.3, -0.25) is 0 Å². The molecule has 3 N–H and O–H groups in total. The summed E-state index contributed by atoms with van der Waals surface area (Å²) >= 11 is 0. The molecular weight excluding hydrogens is 318 g/mol. The first-order valence-corrected chi connectivity index (χ1v) is 8.62. The third-order valence-electron chi connectivity index (χ3n) is 4.29. The number of anilines is 2. The summed E-state index contributed by atoms with van der Waals surface area (Å²) < 4.78 is 5.20. The highest BCUT2D eigenvalue weighted by molar-refractivity contribution is 5.87. The second kappa shape index (κ2) is 8.09. The topological polar surface area (TPSA) is 103 Å². The van der Waals surface area contributed by atoms with Crippen molar-refractivity contribution in [2.45, 2.75) is 58.4 Å². The minimum atomic E-state index is -0.267. The van der Waals surface area contributed by atoms with Crippen LogP contribution < -0.4 is 15.8 Å². The summed E-state index contributed by atoms with van der Waals surface area (Å²) in [5.74, 6) is 1.56. The molecule has 0 fully saturated rings. The van der Waals surface area contributed by atoms with Crippen LogP contribution in [0.15, 0.2) is 12.3 Å². The van der Waals surface area contributed by atoms with Crippen molar-refractivity contribution in [1.82, 2.24) is 15.0 Å². The molecule has 0 radical (unpaired) electrons. The van der Waals surface area contributed by atoms with Crippen LogP contribution in [0.5, 0.6) is 5.75 Å². The fourth-order valence-electron chi connectivity index (χ4n) is 2.77. The van der Waals surface area contributed by atoms with Crippen molar-refractivity contribution in [3.05, 3.63) is 12.3 Å². The number of nitrogens with one attached hydrogen (secondary N) is 1. The summed E-state index contributed by atoms with van der Waals surface area (Å²) in [6.45, 7) is 5.88. The van der Waals surface area contributed by atoms with E-state index in [1.54, 1.807) is 26.3 Å². The second-order valence-electron chi connectivity index (χ2n) is 6.66. The van der Waals surface area contributed by atoms with Crippen molar-refractivity contribution < 1.29 is 9.53 Å². The number of ketones is 1. The highest BCUT2D eigenvalue weighted by atomic mass is 16.5. The zero-order valence-corrected chi connectivity index (χ0v) is 15.4. The van der Waals surface area contributed by atoms with Crippen LogP contribution in [0.4, 0.5) is 11.8 Å². The Morgan fingerprint density at radius 2 is 2.12 bits per heavy atom. The van der Waals surface area contributed by atoms with Gasteiger partial charge < -0.3 is 20.6 Å². The van der Waals surface area contributed by atoms with Gasteiger partial charge in [-0.25, -0.2) is 9.97 Å². The van der Waals surface area contributed by atoms with Gasteiger partial charge in [-0.2, -0.15) is 4.98 Å². The Balaban J connectivity index is 2.38. The van der Waals surface area contributed by atoms with Crippen molar-refractivity contribution in [3.63, 3.8) is 0 Å². The van der Waals surface area contributed by atoms with Gasteiger partial charge >= 0.3 is 0 Å². The molecule has 2 rings (SSSR count). The van der Waals surface area contributed by atoms with Gasteiger partial charge in [-0.1, -0.05) is 19.8 Å². The predicted molar refractivity (Wildman–Crippen MR) is 99.8 cm³/mol. The van der Waals surface area contributed by atoms with Crippen LogP contribution in [-0.4, -0.2) is 33.4 Å². The molecule has 2 aromatic rings. The molecule has 0 bridgehead atoms. The Bertz CT molecular complexity index is 750. The first-order chi connectivity index (χ1) is 11.9. The van der Waals surface area contributed by atoms with Crippen LogP contribution >= 0.6 is 0 Å². The largest absolute Gasteiger partial charge is 0.495 e. The molecule has 0 amide bonds. The van der Waals surface area contributed by atoms with Gasteiger partial charge in [0.05, 0.1) is 13.3 Å². The van der Waals surface area contributed by atoms with E-state index in [1.807, 2.05) is 0 Å². The summed E-state index contributed by atoms with van der Waals surface area (Å²) in [6, 6.07) is 1.78. The minimum absolute atomic E-state index is 0.175. The van der Waals surface area contributed by atoms with E-state index < -0.39 is 0 Å². The molecule has 0 aromatic carbocycles. The van der Waals surface area contributed by atoms with Crippen LogP contribution in [0, 0.1) is 0 Å². The minimum Gasteiger partial charge on any atom is -0.495 e. The lowest BCUT2D eigenvalue weighted by molar-refractivity contribution is -0.117. The first kappa shape index (κ1) is 18.9. The van der Waals surface area contributed by atoms with E-state index in [2.05, 4.69) is 34.1 Å². The Kier molecular flexibility index (Phi) is 6.12. The van der Waals surface area contributed by atoms with Crippen molar-refractivity contribution in [1.29, 1.82) is 0 Å². The van der Waals surface area contributed by atoms with Crippen LogP contribution in [0.25, 0.3) is 11.0 Å². The maximum atomic E-state index is 11.5. The van der Waals surface area contributed by atoms with E-state index in [4.69, 9.17) is 10.5 Å². The number of aromatic nitrogens is 3. The van der Waals surface area contributed by atoms with E-state index in [1.165, 1.54) is 0 Å². The molecule has 7 heteroatoms. The normalized spacial score (nSPS) is 13.4. The molecule has 0 aliphatic carbocycles. The number of ether oxygens (including phenoxy) is 1. The number of rotatable bonds is 9. The molecule has 25 heavy (non-hydrogen) atoms. The lowest BCUT2D eigenvalue weighted by Gasteiger charge is -2.31. The quantitative estimate of drug-likeness (QED) is 0.718. The number of carbonyl (C=O) groups excluding carboxylic acids is 1. The van der Waals surface area contributed by atoms with E-state index >= 15 is 0 Å². The van der Waals surface area contributed by atoms with E-state index in [9.17, 15) is 4.79 Å². The Labute approximate surface area is 148 Å². The SMILES string of the molecule is CCCC[C@@](C)(CCC(C)=O)Nc1nc(N)nc2cc(OC)cnc12. The summed E-state index contributed by atoms with van der Waals surface area (Å²) in [4.78, 5) is 24.5. The molecule has 7 nitrogen and oxygen atoms in total. The van der Waals surface area contributed by atoms with Gasteiger partial charge in [0.15, 0.2) is 5.82 Å². The molecule has 0 spiro atoms. The Hall–Kier alpha value is -2.44. The van der Waals surface area contributed by atoms with Crippen LogP contribution in [0.2, 0.25) is 0 Å². The van der Waals surface area contributed by atoms with Gasteiger partial charge in [-0.15, -0.1) is 0 Å². The van der Waals surface area contributed by atoms with Crippen LogP contribution in [0.3, 0.4) is 0 Å². The summed E-state index contributed by atoms with van der Waals surface area (Å²) in [5.41, 5.74) is 6.87. The molecule has 2 aromatic heterocycles. The monoisotopic (exact) mass is 345 g/mol. The maximum absolute atomic E-state index is 11.5. The average Bonchev–Trinajstić information content (AvgIpc) is 2.57. The summed E-state index contributed by atoms with van der Waals surface area (Å²) in [7, 11) is 1.58. The fraction of sp³-hybridized carbons (Fsp3) is 0.556. The molecule has 0 aliphatic heterocycles. The van der Waals surface area contributed by atoms with Gasteiger partial charge in [0.25, 0.3) is 0 Å². The molecule has 2 heterocycles. The zero-order chi connectivity index (χ0) is 18.4. The van der Waals surface area contributed by atoms with Crippen molar-refractivity contribution >= 4 is 28.6 Å². The van der Waals surface area contributed by atoms with Gasteiger partial charge in [-0.05, 0) is 26.7 Å². The number of hydrogen-bond donors (Lipinski definition) is 2. The van der Waals surface area contributed by atoms with E-state index in [-0.39, 0.29) is 17.3 Å². The Morgan fingerprint density at radius 1 is 1.36 bits per heavy atom. The number of Topliss-reactive ketones (excluding diaryl/α,β-unsaturated/α-hetero) is 1. The molecule has 0 saturated heterocycles. The van der Waals surface area contributed by atoms with Crippen molar-refractivity contribution in [2.75, 3.05) is 18.2 Å². The third kappa shape index (κ3) is 5.01. The van der Waals surface area contributed by atoms with Gasteiger partial charge in [0.1, 0.15) is 22.6 Å². The van der Waals surface area contributed by atoms with Crippen molar-refractivity contribution in [3.8, 4) is 5.75 Å². The number of methoxy groups -OCH3 is 1. The lowest BCUT2D eigenvalue weighted by Crippen LogP contribution is -2.36. The smallest absolute Gasteiger partial charge is 0.222 e. The fourth-order valence-corrected chi connectivity index (χ4v) is 2.77. The number of nitrogens with zero attached hydrogens (tertiary/aromatic N) is 3. The highest BCUT2D eigenvalue weighted by Gasteiger charge is 2.26. The maximum Gasteiger partial charge on any atom is 0.222 e. The number of pyridine rings is 1. The number of nitrogens with two attached hydrogens (primary N) is 1. The van der Waals surface area contributed by atoms with Gasteiger partial charge in [0, 0.05) is 18.0 Å². The molecule has 0 aliphatic rings. The van der Waals surface area contributed by atoms with Crippen LogP contribution in [0.1, 0.15) is 52.9 Å². The van der Waals surface area contributed by atoms with Crippen molar-refractivity contribution in [2.24, 2.45) is 0 Å². The molecule has 0 saturated carbocycles. The number of nitrogen functional groups attached to an aromatic ring is 1. The van der Waals surface area contributed by atoms with Gasteiger partial charge in [0.2, 0.25) is 5.95 Å². The van der Waals surface area contributed by atoms with E-state index in [0.29, 0.717) is 29.0 Å². The molecular formula is C18H27N5O2. The summed E-state index contributed by atoms with van der Waals surface area (Å²) in [5, 5.41) is 3.48. The lowest BCUT2D eigenvalue weighted by atomic mass is 9.89. The number of unbranched alkanes of at least 4 members (excludes halogenated alkanes) is 1. The number of carbonyl (C=O) groups is 1. The average molecular weight is 345 g/mol. The zero-order valence-electron chi connectivity index (χ0n) is 15.4. The highest BCUT2D eigenvalue weighted by Crippen LogP contribution is 2.29. The molecule has 0 unspecified atom stereocenters. The van der Waals surface area contributed by atoms with Crippen LogP contribution in [-0.2, 0) is 4.79 Å². The second-order valence-corrected chi connectivity index (χ2v) is 6.66. The number of fused-ring (bicyclic) bond motifs is 1. The molecule has 136 valence electrons. The molecule has 1 atom stereocenters. The number of hydrogen-bond acceptors (Lipinski definition) is 7. The Morgan fingerprint density at radius 3 is 2.76 bits per heavy atom. The first-order valence-electron chi connectivity index (χ1n) is 8.62. The summed E-state index contributed by atoms with van der Waals surface area (Å²) in [6.07, 6.45) is 5.95. The third-order valence-corrected chi connectivity index (χ3v) is 4.29. The standard InChI is InChI=1S/C18H27N5O2/c1-5-6-8-18(3,9-7-12(2)24)23-16-15-14(21-17(19)22-16)10-13(25-4)11-20-15/h10-11H,5-9H2,1-4H3,(H3,19,21,22,23)/t18-/m0/s1.